The predicted octanol–water partition coefficient (Wildman–Crippen LogP) is 2.23. The van der Waals surface area contributed by atoms with Gasteiger partial charge in [0, 0.05) is 55.8 Å². The molecule has 3 rings (SSSR count). The number of aromatic nitrogens is 2. The SMILES string of the molecule is COC[C@H]1CN(Cc2cccs2)Cc2cnn(C)c21. The first kappa shape index (κ1) is 12.8. The summed E-state index contributed by atoms with van der Waals surface area (Å²) in [5, 5.41) is 6.54. The first-order valence-electron chi connectivity index (χ1n) is 6.52. The summed E-state index contributed by atoms with van der Waals surface area (Å²) in [7, 11) is 3.80. The van der Waals surface area contributed by atoms with E-state index in [9.17, 15) is 0 Å². The lowest BCUT2D eigenvalue weighted by atomic mass is 9.97. The molecule has 0 radical (unpaired) electrons. The van der Waals surface area contributed by atoms with Crippen molar-refractivity contribution in [3.63, 3.8) is 0 Å². The van der Waals surface area contributed by atoms with Crippen LogP contribution in [0.5, 0.6) is 0 Å². The summed E-state index contributed by atoms with van der Waals surface area (Å²) in [4.78, 5) is 3.91. The molecular formula is C14H19N3OS. The zero-order chi connectivity index (χ0) is 13.2. The van der Waals surface area contributed by atoms with Gasteiger partial charge in [-0.05, 0) is 11.4 Å². The van der Waals surface area contributed by atoms with Gasteiger partial charge in [-0.15, -0.1) is 11.3 Å². The number of fused-ring (bicyclic) bond motifs is 1. The van der Waals surface area contributed by atoms with Crippen LogP contribution in [-0.2, 0) is 24.9 Å². The fourth-order valence-electron chi connectivity index (χ4n) is 2.92. The number of methoxy groups -OCH3 is 1. The summed E-state index contributed by atoms with van der Waals surface area (Å²) in [6.45, 7) is 3.80. The van der Waals surface area contributed by atoms with Gasteiger partial charge in [-0.2, -0.15) is 5.10 Å². The molecule has 102 valence electrons. The minimum absolute atomic E-state index is 0.418. The second kappa shape index (κ2) is 5.45. The molecule has 1 aliphatic rings. The number of aryl methyl sites for hydroxylation is 1. The third kappa shape index (κ3) is 2.59. The molecule has 0 aliphatic carbocycles. The Hall–Kier alpha value is -1.17. The van der Waals surface area contributed by atoms with Gasteiger partial charge in [0.25, 0.3) is 0 Å². The lowest BCUT2D eigenvalue weighted by Crippen LogP contribution is -2.35. The largest absolute Gasteiger partial charge is 0.384 e. The number of hydrogen-bond donors (Lipinski definition) is 0. The van der Waals surface area contributed by atoms with Crippen molar-refractivity contribution in [3.8, 4) is 0 Å². The number of ether oxygens (including phenoxy) is 1. The highest BCUT2D eigenvalue weighted by molar-refractivity contribution is 7.09. The molecule has 0 bridgehead atoms. The molecular weight excluding hydrogens is 258 g/mol. The Morgan fingerprint density at radius 3 is 3.16 bits per heavy atom. The molecule has 2 aromatic rings. The van der Waals surface area contributed by atoms with E-state index in [-0.39, 0.29) is 0 Å². The highest BCUT2D eigenvalue weighted by Crippen LogP contribution is 2.29. The molecule has 0 saturated heterocycles. The molecule has 0 amide bonds. The van der Waals surface area contributed by atoms with Crippen molar-refractivity contribution in [2.75, 3.05) is 20.3 Å². The fraction of sp³-hybridized carbons (Fsp3) is 0.500. The molecule has 2 aromatic heterocycles. The van der Waals surface area contributed by atoms with E-state index in [1.54, 1.807) is 7.11 Å². The zero-order valence-electron chi connectivity index (χ0n) is 11.4. The molecule has 0 spiro atoms. The van der Waals surface area contributed by atoms with Crippen LogP contribution in [0.15, 0.2) is 23.7 Å². The van der Waals surface area contributed by atoms with Gasteiger partial charge in [0.2, 0.25) is 0 Å². The molecule has 0 fully saturated rings. The van der Waals surface area contributed by atoms with Crippen LogP contribution in [0, 0.1) is 0 Å². The average Bonchev–Trinajstić information content (AvgIpc) is 3.00. The lowest BCUT2D eigenvalue weighted by molar-refractivity contribution is 0.133. The molecule has 0 saturated carbocycles. The molecule has 0 aromatic carbocycles. The second-order valence-electron chi connectivity index (χ2n) is 5.08. The van der Waals surface area contributed by atoms with Crippen molar-refractivity contribution in [1.82, 2.24) is 14.7 Å². The fourth-order valence-corrected chi connectivity index (χ4v) is 3.67. The molecule has 19 heavy (non-hydrogen) atoms. The van der Waals surface area contributed by atoms with Crippen LogP contribution in [0.4, 0.5) is 0 Å². The summed E-state index contributed by atoms with van der Waals surface area (Å²) in [6.07, 6.45) is 2.00. The third-order valence-corrected chi connectivity index (χ3v) is 4.51. The average molecular weight is 277 g/mol. The van der Waals surface area contributed by atoms with E-state index in [0.29, 0.717) is 5.92 Å². The predicted molar refractivity (Wildman–Crippen MR) is 76.3 cm³/mol. The number of nitrogens with zero attached hydrogens (tertiary/aromatic N) is 3. The van der Waals surface area contributed by atoms with Gasteiger partial charge in [0.05, 0.1) is 12.8 Å². The van der Waals surface area contributed by atoms with Crippen molar-refractivity contribution < 1.29 is 4.74 Å². The highest BCUT2D eigenvalue weighted by Gasteiger charge is 2.28. The Bertz CT molecular complexity index is 535. The molecule has 1 aliphatic heterocycles. The summed E-state index contributed by atoms with van der Waals surface area (Å²) in [5.41, 5.74) is 2.68. The van der Waals surface area contributed by atoms with Crippen molar-refractivity contribution in [3.05, 3.63) is 39.8 Å². The Balaban J connectivity index is 1.80. The Labute approximate surface area is 117 Å². The van der Waals surface area contributed by atoms with Crippen molar-refractivity contribution in [2.24, 2.45) is 7.05 Å². The van der Waals surface area contributed by atoms with E-state index in [1.807, 2.05) is 29.3 Å². The van der Waals surface area contributed by atoms with E-state index in [1.165, 1.54) is 16.1 Å². The van der Waals surface area contributed by atoms with Crippen LogP contribution in [0.2, 0.25) is 0 Å². The van der Waals surface area contributed by atoms with Crippen LogP contribution in [0.1, 0.15) is 22.1 Å². The van der Waals surface area contributed by atoms with Gasteiger partial charge in [-0.25, -0.2) is 0 Å². The third-order valence-electron chi connectivity index (χ3n) is 3.65. The first-order chi connectivity index (χ1) is 9.28. The standard InChI is InChI=1S/C14H19N3OS/c1-16-14-11(6-15-16)7-17(8-12(14)10-18-2)9-13-4-3-5-19-13/h3-6,12H,7-10H2,1-2H3/t12-/m1/s1. The van der Waals surface area contributed by atoms with Gasteiger partial charge in [-0.3, -0.25) is 9.58 Å². The maximum absolute atomic E-state index is 5.38. The van der Waals surface area contributed by atoms with Gasteiger partial charge in [-0.1, -0.05) is 6.07 Å². The van der Waals surface area contributed by atoms with E-state index in [0.717, 1.165) is 26.2 Å². The van der Waals surface area contributed by atoms with Crippen molar-refractivity contribution in [1.29, 1.82) is 0 Å². The van der Waals surface area contributed by atoms with Gasteiger partial charge >= 0.3 is 0 Å². The number of rotatable bonds is 4. The summed E-state index contributed by atoms with van der Waals surface area (Å²) in [6, 6.07) is 4.32. The normalized spacial score (nSPS) is 19.6. The number of thiophene rings is 1. The maximum Gasteiger partial charge on any atom is 0.0558 e. The van der Waals surface area contributed by atoms with E-state index < -0.39 is 0 Å². The van der Waals surface area contributed by atoms with Crippen LogP contribution in [-0.4, -0.2) is 34.9 Å². The highest BCUT2D eigenvalue weighted by atomic mass is 32.1. The van der Waals surface area contributed by atoms with Crippen LogP contribution < -0.4 is 0 Å². The van der Waals surface area contributed by atoms with Gasteiger partial charge in [0.15, 0.2) is 0 Å². The van der Waals surface area contributed by atoms with Crippen molar-refractivity contribution in [2.45, 2.75) is 19.0 Å². The lowest BCUT2D eigenvalue weighted by Gasteiger charge is -2.32. The van der Waals surface area contributed by atoms with Crippen LogP contribution in [0.3, 0.4) is 0 Å². The molecule has 4 nitrogen and oxygen atoms in total. The monoisotopic (exact) mass is 277 g/mol. The number of hydrogen-bond acceptors (Lipinski definition) is 4. The first-order valence-corrected chi connectivity index (χ1v) is 7.40. The summed E-state index contributed by atoms with van der Waals surface area (Å²) in [5.74, 6) is 0.418. The quantitative estimate of drug-likeness (QED) is 0.858. The van der Waals surface area contributed by atoms with Crippen molar-refractivity contribution >= 4 is 11.3 Å². The maximum atomic E-state index is 5.38. The Morgan fingerprint density at radius 1 is 1.53 bits per heavy atom. The van der Waals surface area contributed by atoms with E-state index in [4.69, 9.17) is 4.74 Å². The minimum atomic E-state index is 0.418. The Morgan fingerprint density at radius 2 is 2.42 bits per heavy atom. The molecule has 0 unspecified atom stereocenters. The Kier molecular flexibility index (Phi) is 3.68. The van der Waals surface area contributed by atoms with Crippen LogP contribution in [0.25, 0.3) is 0 Å². The van der Waals surface area contributed by atoms with E-state index >= 15 is 0 Å². The zero-order valence-corrected chi connectivity index (χ0v) is 12.2. The summed E-state index contributed by atoms with van der Waals surface area (Å²) >= 11 is 1.82. The molecule has 3 heterocycles. The topological polar surface area (TPSA) is 30.3 Å². The molecule has 5 heteroatoms. The van der Waals surface area contributed by atoms with Gasteiger partial charge in [0.1, 0.15) is 0 Å². The molecule has 0 N–H and O–H groups in total. The minimum Gasteiger partial charge on any atom is -0.384 e. The van der Waals surface area contributed by atoms with E-state index in [2.05, 4.69) is 27.5 Å². The smallest absolute Gasteiger partial charge is 0.0558 e. The van der Waals surface area contributed by atoms with Gasteiger partial charge < -0.3 is 4.74 Å². The van der Waals surface area contributed by atoms with Crippen LogP contribution >= 0.6 is 11.3 Å². The second-order valence-corrected chi connectivity index (χ2v) is 6.11. The molecule has 1 atom stereocenters. The summed E-state index contributed by atoms with van der Waals surface area (Å²) < 4.78 is 7.38.